The van der Waals surface area contributed by atoms with Gasteiger partial charge in [-0.25, -0.2) is 18.5 Å². The monoisotopic (exact) mass is 322 g/mol. The van der Waals surface area contributed by atoms with Crippen molar-refractivity contribution in [1.82, 2.24) is 4.98 Å². The van der Waals surface area contributed by atoms with Crippen molar-refractivity contribution in [3.8, 4) is 5.75 Å². The molecule has 19 heavy (non-hydrogen) atoms. The van der Waals surface area contributed by atoms with E-state index in [-0.39, 0.29) is 15.8 Å². The van der Waals surface area contributed by atoms with Crippen LogP contribution in [0.5, 0.6) is 5.75 Å². The maximum absolute atomic E-state index is 11.3. The first kappa shape index (κ1) is 14.2. The summed E-state index contributed by atoms with van der Waals surface area (Å²) in [4.78, 5) is 3.84. The zero-order valence-electron chi connectivity index (χ0n) is 9.73. The van der Waals surface area contributed by atoms with Gasteiger partial charge < -0.3 is 4.18 Å². The van der Waals surface area contributed by atoms with Gasteiger partial charge in [-0.05, 0) is 19.1 Å². The molecule has 0 aliphatic carbocycles. The lowest BCUT2D eigenvalue weighted by atomic mass is 10.3. The first-order chi connectivity index (χ1) is 8.71. The summed E-state index contributed by atoms with van der Waals surface area (Å²) in [7, 11) is -7.49. The third kappa shape index (κ3) is 3.21. The molecule has 0 aliphatic rings. The molecular formula is C9H10N2O5S3. The number of primary sulfonamides is 1. The van der Waals surface area contributed by atoms with Gasteiger partial charge in [0, 0.05) is 6.07 Å². The topological polar surface area (TPSA) is 116 Å². The number of hydrogen-bond acceptors (Lipinski definition) is 7. The number of thiazole rings is 1. The zero-order chi connectivity index (χ0) is 14.3. The molecule has 0 spiro atoms. The molecule has 0 aliphatic heterocycles. The van der Waals surface area contributed by atoms with E-state index in [4.69, 9.17) is 9.32 Å². The number of fused-ring (bicyclic) bond motifs is 1. The number of rotatable bonds is 4. The predicted octanol–water partition coefficient (Wildman–Crippen LogP) is 0.672. The van der Waals surface area contributed by atoms with E-state index in [1.807, 2.05) is 0 Å². The van der Waals surface area contributed by atoms with Crippen LogP contribution in [0.4, 0.5) is 0 Å². The van der Waals surface area contributed by atoms with Gasteiger partial charge in [-0.3, -0.25) is 0 Å². The minimum Gasteiger partial charge on any atom is -0.382 e. The summed E-state index contributed by atoms with van der Waals surface area (Å²) < 4.78 is 50.0. The Morgan fingerprint density at radius 2 is 2.00 bits per heavy atom. The van der Waals surface area contributed by atoms with Gasteiger partial charge in [-0.2, -0.15) is 8.42 Å². The normalized spacial score (nSPS) is 12.7. The fourth-order valence-electron chi connectivity index (χ4n) is 1.26. The second kappa shape index (κ2) is 4.71. The Morgan fingerprint density at radius 3 is 2.58 bits per heavy atom. The highest BCUT2D eigenvalue weighted by atomic mass is 32.2. The number of nitrogens with two attached hydrogens (primary N) is 1. The van der Waals surface area contributed by atoms with Crippen molar-refractivity contribution in [3.05, 3.63) is 18.2 Å². The number of benzene rings is 1. The van der Waals surface area contributed by atoms with E-state index in [9.17, 15) is 16.8 Å². The highest BCUT2D eigenvalue weighted by Crippen LogP contribution is 2.28. The minimum absolute atomic E-state index is 0.110. The van der Waals surface area contributed by atoms with Crippen molar-refractivity contribution in [2.24, 2.45) is 5.14 Å². The van der Waals surface area contributed by atoms with E-state index in [0.717, 1.165) is 11.3 Å². The van der Waals surface area contributed by atoms with Gasteiger partial charge in [0.15, 0.2) is 0 Å². The summed E-state index contributed by atoms with van der Waals surface area (Å²) in [6, 6.07) is 4.29. The Kier molecular flexibility index (Phi) is 3.51. The van der Waals surface area contributed by atoms with Crippen molar-refractivity contribution in [1.29, 1.82) is 0 Å². The molecule has 0 amide bonds. The summed E-state index contributed by atoms with van der Waals surface area (Å²) in [5.74, 6) is -0.0464. The van der Waals surface area contributed by atoms with E-state index < -0.39 is 20.1 Å². The zero-order valence-corrected chi connectivity index (χ0v) is 12.2. The van der Waals surface area contributed by atoms with Crippen molar-refractivity contribution < 1.29 is 21.0 Å². The molecule has 104 valence electrons. The Bertz CT molecular complexity index is 823. The molecule has 10 heteroatoms. The molecule has 2 rings (SSSR count). The van der Waals surface area contributed by atoms with E-state index in [0.29, 0.717) is 10.2 Å². The smallest absolute Gasteiger partial charge is 0.308 e. The number of sulfonamides is 1. The number of hydrogen-bond donors (Lipinski definition) is 1. The first-order valence-corrected chi connectivity index (χ1v) is 9.01. The second-order valence-corrected chi connectivity index (χ2v) is 8.21. The molecule has 2 N–H and O–H groups in total. The molecule has 2 aromatic rings. The van der Waals surface area contributed by atoms with Gasteiger partial charge in [0.05, 0.1) is 16.0 Å². The van der Waals surface area contributed by atoms with E-state index in [1.165, 1.54) is 25.1 Å². The van der Waals surface area contributed by atoms with Gasteiger partial charge in [0.25, 0.3) is 10.0 Å². The Morgan fingerprint density at radius 1 is 1.32 bits per heavy atom. The predicted molar refractivity (Wildman–Crippen MR) is 71.1 cm³/mol. The van der Waals surface area contributed by atoms with Crippen LogP contribution >= 0.6 is 11.3 Å². The third-order valence-electron chi connectivity index (χ3n) is 2.16. The van der Waals surface area contributed by atoms with Crippen LogP contribution in [0, 0.1) is 0 Å². The summed E-state index contributed by atoms with van der Waals surface area (Å²) in [6.45, 7) is 1.46. The maximum atomic E-state index is 11.3. The Labute approximate surface area is 114 Å². The standard InChI is InChI=1S/C9H10N2O5S3/c1-2-18(12,13)16-6-3-4-7-8(5-6)17-9(11-7)19(10,14)15/h3-5H,2H2,1H3,(H2,10,14,15). The number of nitrogens with zero attached hydrogens (tertiary/aromatic N) is 1. The van der Waals surface area contributed by atoms with Crippen LogP contribution in [-0.2, 0) is 20.1 Å². The van der Waals surface area contributed by atoms with Crippen molar-refractivity contribution in [2.75, 3.05) is 5.75 Å². The van der Waals surface area contributed by atoms with Crippen LogP contribution in [0.1, 0.15) is 6.92 Å². The van der Waals surface area contributed by atoms with Crippen LogP contribution in [0.3, 0.4) is 0 Å². The van der Waals surface area contributed by atoms with Crippen molar-refractivity contribution in [3.63, 3.8) is 0 Å². The van der Waals surface area contributed by atoms with Crippen molar-refractivity contribution >= 4 is 41.7 Å². The Hall–Kier alpha value is -1.23. The summed E-state index contributed by atoms with van der Waals surface area (Å²) >= 11 is 0.853. The third-order valence-corrected chi connectivity index (χ3v) is 5.65. The molecule has 1 aromatic heterocycles. The van der Waals surface area contributed by atoms with Gasteiger partial charge >= 0.3 is 10.1 Å². The summed E-state index contributed by atoms with van der Waals surface area (Å²) in [5.41, 5.74) is 0.412. The van der Waals surface area contributed by atoms with E-state index >= 15 is 0 Å². The molecule has 0 fully saturated rings. The largest absolute Gasteiger partial charge is 0.382 e. The molecule has 0 saturated heterocycles. The van der Waals surface area contributed by atoms with Crippen LogP contribution < -0.4 is 9.32 Å². The molecule has 1 aromatic carbocycles. The quantitative estimate of drug-likeness (QED) is 0.827. The highest BCUT2D eigenvalue weighted by molar-refractivity contribution is 7.91. The maximum Gasteiger partial charge on any atom is 0.308 e. The lowest BCUT2D eigenvalue weighted by Gasteiger charge is -2.03. The molecule has 0 bridgehead atoms. The highest BCUT2D eigenvalue weighted by Gasteiger charge is 2.16. The van der Waals surface area contributed by atoms with Gasteiger partial charge in [0.1, 0.15) is 5.75 Å². The first-order valence-electron chi connectivity index (χ1n) is 5.07. The van der Waals surface area contributed by atoms with E-state index in [1.54, 1.807) is 0 Å². The van der Waals surface area contributed by atoms with E-state index in [2.05, 4.69) is 4.98 Å². The molecule has 0 radical (unpaired) electrons. The number of aromatic nitrogens is 1. The van der Waals surface area contributed by atoms with Gasteiger partial charge in [-0.15, -0.1) is 11.3 Å². The molecule has 0 saturated carbocycles. The molecule has 0 atom stereocenters. The second-order valence-electron chi connectivity index (χ2n) is 3.58. The van der Waals surface area contributed by atoms with Crippen molar-refractivity contribution in [2.45, 2.75) is 11.3 Å². The fraction of sp³-hybridized carbons (Fsp3) is 0.222. The lowest BCUT2D eigenvalue weighted by molar-refractivity contribution is 0.488. The average molecular weight is 322 g/mol. The summed E-state index contributed by atoms with van der Waals surface area (Å²) in [5, 5.41) is 4.97. The molecule has 0 unspecified atom stereocenters. The average Bonchev–Trinajstić information content (AvgIpc) is 2.71. The van der Waals surface area contributed by atoms with Crippen LogP contribution in [0.15, 0.2) is 22.5 Å². The van der Waals surface area contributed by atoms with Crippen LogP contribution in [0.25, 0.3) is 10.2 Å². The minimum atomic E-state index is -3.87. The lowest BCUT2D eigenvalue weighted by Crippen LogP contribution is -2.11. The van der Waals surface area contributed by atoms with Crippen LogP contribution in [0.2, 0.25) is 0 Å². The fourth-order valence-corrected chi connectivity index (χ4v) is 3.46. The molecule has 7 nitrogen and oxygen atoms in total. The Balaban J connectivity index is 2.47. The van der Waals surface area contributed by atoms with Crippen LogP contribution in [-0.4, -0.2) is 27.6 Å². The SMILES string of the molecule is CCS(=O)(=O)Oc1ccc2nc(S(N)(=O)=O)sc2c1. The molecular weight excluding hydrogens is 312 g/mol. The van der Waals surface area contributed by atoms with Gasteiger partial charge in [-0.1, -0.05) is 0 Å². The molecule has 1 heterocycles. The van der Waals surface area contributed by atoms with Gasteiger partial charge in [0.2, 0.25) is 4.34 Å². The summed E-state index contributed by atoms with van der Waals surface area (Å²) in [6.07, 6.45) is 0.